The molecule has 0 spiro atoms. The van der Waals surface area contributed by atoms with Gasteiger partial charge < -0.3 is 15.2 Å². The number of carbonyl (C=O) groups is 1. The average molecular weight is 313 g/mol. The Hall–Kier alpha value is -1.14. The maximum absolute atomic E-state index is 12.1. The molecular weight excluding hydrogens is 286 g/mol. The van der Waals surface area contributed by atoms with Crippen LogP contribution in [-0.2, 0) is 11.3 Å². The van der Waals surface area contributed by atoms with Crippen molar-refractivity contribution in [1.29, 1.82) is 0 Å². The first-order valence-corrected chi connectivity index (χ1v) is 8.22. The van der Waals surface area contributed by atoms with Crippen LogP contribution in [0.2, 0.25) is 0 Å². The number of nitrogens with two attached hydrogens (primary N) is 1. The Morgan fingerprint density at radius 2 is 2.00 bits per heavy atom. The number of thiazole rings is 1. The Morgan fingerprint density at radius 1 is 1.38 bits per heavy atom. The predicted molar refractivity (Wildman–Crippen MR) is 87.7 cm³/mol. The molecule has 0 aromatic carbocycles. The maximum atomic E-state index is 12.1. The van der Waals surface area contributed by atoms with Crippen molar-refractivity contribution >= 4 is 17.2 Å². The molecule has 1 rings (SSSR count). The fraction of sp³-hybridized carbons (Fsp3) is 0.733. The lowest BCUT2D eigenvalue weighted by Gasteiger charge is -2.21. The summed E-state index contributed by atoms with van der Waals surface area (Å²) in [5.74, 6) is 0.476. The molecule has 0 bridgehead atoms. The zero-order valence-corrected chi connectivity index (χ0v) is 14.5. The van der Waals surface area contributed by atoms with Crippen LogP contribution in [0.15, 0.2) is 4.79 Å². The molecule has 5 nitrogen and oxygen atoms in total. The second-order valence-electron chi connectivity index (χ2n) is 5.92. The third-order valence-corrected chi connectivity index (χ3v) is 5.00. The van der Waals surface area contributed by atoms with E-state index >= 15 is 0 Å². The first-order chi connectivity index (χ1) is 9.73. The third-order valence-electron chi connectivity index (χ3n) is 4.00. The summed E-state index contributed by atoms with van der Waals surface area (Å²) < 4.78 is 1.69. The molecule has 2 N–H and O–H groups in total. The van der Waals surface area contributed by atoms with Crippen molar-refractivity contribution in [1.82, 2.24) is 9.47 Å². The van der Waals surface area contributed by atoms with Crippen molar-refractivity contribution in [3.05, 3.63) is 20.2 Å². The molecule has 1 atom stereocenters. The molecule has 1 aromatic rings. The van der Waals surface area contributed by atoms with Crippen molar-refractivity contribution in [2.75, 3.05) is 13.6 Å². The third kappa shape index (κ3) is 4.97. The van der Waals surface area contributed by atoms with E-state index in [1.807, 2.05) is 13.8 Å². The molecule has 1 amide bonds. The van der Waals surface area contributed by atoms with Gasteiger partial charge in [0.1, 0.15) is 0 Å². The lowest BCUT2D eigenvalue weighted by atomic mass is 10.0. The van der Waals surface area contributed by atoms with E-state index in [4.69, 9.17) is 5.73 Å². The fourth-order valence-electron chi connectivity index (χ4n) is 2.04. The van der Waals surface area contributed by atoms with Gasteiger partial charge >= 0.3 is 4.87 Å². The molecule has 0 radical (unpaired) electrons. The van der Waals surface area contributed by atoms with Crippen LogP contribution >= 0.6 is 11.3 Å². The van der Waals surface area contributed by atoms with Gasteiger partial charge in [0.15, 0.2) is 0 Å². The SMILES string of the molecule is Cc1sc(=O)n(CCC(=O)N(C)CCC(N)C(C)C)c1C. The summed E-state index contributed by atoms with van der Waals surface area (Å²) in [5.41, 5.74) is 6.95. The highest BCUT2D eigenvalue weighted by Gasteiger charge is 2.14. The van der Waals surface area contributed by atoms with Crippen molar-refractivity contribution < 1.29 is 4.79 Å². The van der Waals surface area contributed by atoms with Gasteiger partial charge in [0.05, 0.1) is 0 Å². The molecule has 0 saturated carbocycles. The van der Waals surface area contributed by atoms with Gasteiger partial charge in [-0.1, -0.05) is 25.2 Å². The molecule has 0 fully saturated rings. The smallest absolute Gasteiger partial charge is 0.307 e. The Kier molecular flexibility index (Phi) is 6.61. The van der Waals surface area contributed by atoms with Gasteiger partial charge in [0.2, 0.25) is 5.91 Å². The van der Waals surface area contributed by atoms with Crippen molar-refractivity contribution in [2.45, 2.75) is 53.1 Å². The number of nitrogens with zero attached hydrogens (tertiary/aromatic N) is 2. The molecule has 0 aliphatic heterocycles. The summed E-state index contributed by atoms with van der Waals surface area (Å²) in [6.07, 6.45) is 1.15. The van der Waals surface area contributed by atoms with Crippen LogP contribution in [0.25, 0.3) is 0 Å². The van der Waals surface area contributed by atoms with Gasteiger partial charge in [0.25, 0.3) is 0 Å². The quantitative estimate of drug-likeness (QED) is 0.834. The highest BCUT2D eigenvalue weighted by molar-refractivity contribution is 7.09. The van der Waals surface area contributed by atoms with Crippen LogP contribution in [0.1, 0.15) is 37.3 Å². The van der Waals surface area contributed by atoms with Crippen LogP contribution < -0.4 is 10.6 Å². The number of amides is 1. The monoisotopic (exact) mass is 313 g/mol. The van der Waals surface area contributed by atoms with Gasteiger partial charge in [-0.15, -0.1) is 0 Å². The van der Waals surface area contributed by atoms with E-state index in [2.05, 4.69) is 13.8 Å². The number of hydrogen-bond donors (Lipinski definition) is 1. The van der Waals surface area contributed by atoms with Crippen molar-refractivity contribution in [3.63, 3.8) is 0 Å². The molecule has 1 unspecified atom stereocenters. The van der Waals surface area contributed by atoms with E-state index in [9.17, 15) is 9.59 Å². The highest BCUT2D eigenvalue weighted by atomic mass is 32.1. The topological polar surface area (TPSA) is 68.3 Å². The lowest BCUT2D eigenvalue weighted by molar-refractivity contribution is -0.130. The van der Waals surface area contributed by atoms with E-state index in [0.717, 1.165) is 17.0 Å². The van der Waals surface area contributed by atoms with Crippen LogP contribution in [-0.4, -0.2) is 35.0 Å². The van der Waals surface area contributed by atoms with Gasteiger partial charge in [-0.25, -0.2) is 0 Å². The average Bonchev–Trinajstić information content (AvgIpc) is 2.66. The molecule has 21 heavy (non-hydrogen) atoms. The van der Waals surface area contributed by atoms with Gasteiger partial charge in [-0.05, 0) is 26.2 Å². The number of aryl methyl sites for hydroxylation is 1. The minimum atomic E-state index is 0.0160. The number of rotatable bonds is 7. The Morgan fingerprint density at radius 3 is 2.48 bits per heavy atom. The standard InChI is InChI=1S/C15H27N3O2S/c1-10(2)13(16)6-8-17(5)14(19)7-9-18-11(3)12(4)21-15(18)20/h10,13H,6-9,16H2,1-5H3. The number of aromatic nitrogens is 1. The molecule has 120 valence electrons. The second-order valence-corrected chi connectivity index (χ2v) is 7.09. The van der Waals surface area contributed by atoms with Crippen LogP contribution in [0.3, 0.4) is 0 Å². The lowest BCUT2D eigenvalue weighted by Crippen LogP contribution is -2.35. The van der Waals surface area contributed by atoms with Crippen LogP contribution in [0.4, 0.5) is 0 Å². The van der Waals surface area contributed by atoms with Crippen molar-refractivity contribution in [2.24, 2.45) is 11.7 Å². The molecule has 1 heterocycles. The molecule has 6 heteroatoms. The summed E-state index contributed by atoms with van der Waals surface area (Å²) in [6.45, 7) is 9.13. The van der Waals surface area contributed by atoms with Crippen molar-refractivity contribution in [3.8, 4) is 0 Å². The number of hydrogen-bond acceptors (Lipinski definition) is 4. The Balaban J connectivity index is 2.48. The van der Waals surface area contributed by atoms with E-state index in [0.29, 0.717) is 25.4 Å². The first kappa shape index (κ1) is 17.9. The first-order valence-electron chi connectivity index (χ1n) is 7.40. The summed E-state index contributed by atoms with van der Waals surface area (Å²) >= 11 is 1.24. The van der Waals surface area contributed by atoms with Gasteiger partial charge in [-0.3, -0.25) is 9.59 Å². The minimum absolute atomic E-state index is 0.0160. The molecule has 1 aromatic heterocycles. The Labute approximate surface area is 130 Å². The highest BCUT2D eigenvalue weighted by Crippen LogP contribution is 2.10. The summed E-state index contributed by atoms with van der Waals surface area (Å²) in [5, 5.41) is 0. The van der Waals surface area contributed by atoms with Gasteiger partial charge in [-0.2, -0.15) is 0 Å². The summed E-state index contributed by atoms with van der Waals surface area (Å²) in [4.78, 5) is 26.6. The minimum Gasteiger partial charge on any atom is -0.346 e. The molecule has 0 aliphatic carbocycles. The second kappa shape index (κ2) is 7.75. The Bertz CT molecular complexity index is 534. The predicted octanol–water partition coefficient (Wildman–Crippen LogP) is 1.75. The molecular formula is C15H27N3O2S. The number of carbonyl (C=O) groups excluding carboxylic acids is 1. The maximum Gasteiger partial charge on any atom is 0.307 e. The fourth-order valence-corrected chi connectivity index (χ4v) is 2.90. The summed E-state index contributed by atoms with van der Waals surface area (Å²) in [6, 6.07) is 0.115. The zero-order valence-electron chi connectivity index (χ0n) is 13.7. The van der Waals surface area contributed by atoms with E-state index in [1.54, 1.807) is 16.5 Å². The normalized spacial score (nSPS) is 12.7. The molecule has 0 aliphatic rings. The zero-order chi connectivity index (χ0) is 16.2. The van der Waals surface area contributed by atoms with E-state index in [-0.39, 0.29) is 16.8 Å². The van der Waals surface area contributed by atoms with Crippen LogP contribution in [0, 0.1) is 19.8 Å². The largest absolute Gasteiger partial charge is 0.346 e. The van der Waals surface area contributed by atoms with E-state index in [1.165, 1.54) is 11.3 Å². The van der Waals surface area contributed by atoms with Crippen LogP contribution in [0.5, 0.6) is 0 Å². The molecule has 0 saturated heterocycles. The summed E-state index contributed by atoms with van der Waals surface area (Å²) in [7, 11) is 1.80. The van der Waals surface area contributed by atoms with Gasteiger partial charge in [0, 0.05) is 43.2 Å². The van der Waals surface area contributed by atoms with E-state index < -0.39 is 0 Å².